The second kappa shape index (κ2) is 11.3. The van der Waals surface area contributed by atoms with Gasteiger partial charge in [0.15, 0.2) is 23.9 Å². The first-order valence-corrected chi connectivity index (χ1v) is 12.1. The number of amides is 2. The average Bonchev–Trinajstić information content (AvgIpc) is 3.06. The minimum Gasteiger partial charge on any atom is -0.493 e. The van der Waals surface area contributed by atoms with Crippen molar-refractivity contribution in [3.05, 3.63) is 53.6 Å². The molecule has 190 valence electrons. The molecular weight excluding hydrogens is 464 g/mol. The van der Waals surface area contributed by atoms with Crippen LogP contribution in [0.3, 0.4) is 0 Å². The van der Waals surface area contributed by atoms with Crippen molar-refractivity contribution in [2.45, 2.75) is 38.1 Å². The molecule has 9 heteroatoms. The van der Waals surface area contributed by atoms with Gasteiger partial charge < -0.3 is 14.2 Å². The van der Waals surface area contributed by atoms with Gasteiger partial charge in [-0.15, -0.1) is 0 Å². The fraction of sp³-hybridized carbons (Fsp3) is 0.407. The van der Waals surface area contributed by atoms with Crippen LogP contribution in [-0.2, 0) is 14.3 Å². The lowest BCUT2D eigenvalue weighted by Gasteiger charge is -2.25. The van der Waals surface area contributed by atoms with E-state index < -0.39 is 24.4 Å². The Hall–Kier alpha value is -3.72. The number of imide groups is 1. The first-order chi connectivity index (χ1) is 17.4. The smallest absolute Gasteiger partial charge is 0.338 e. The van der Waals surface area contributed by atoms with Gasteiger partial charge >= 0.3 is 5.97 Å². The van der Waals surface area contributed by atoms with E-state index in [1.807, 2.05) is 0 Å². The molecule has 0 bridgehead atoms. The molecular formula is C27H30N2O7. The van der Waals surface area contributed by atoms with Gasteiger partial charge in [0.2, 0.25) is 5.91 Å². The third-order valence-corrected chi connectivity index (χ3v) is 6.61. The van der Waals surface area contributed by atoms with Crippen LogP contribution in [0.15, 0.2) is 42.5 Å². The Kier molecular flexibility index (Phi) is 8.00. The summed E-state index contributed by atoms with van der Waals surface area (Å²) in [6, 6.07) is 10.3. The fourth-order valence-corrected chi connectivity index (χ4v) is 4.63. The number of methoxy groups -OCH3 is 2. The van der Waals surface area contributed by atoms with Gasteiger partial charge in [-0.2, -0.15) is 0 Å². The van der Waals surface area contributed by atoms with Crippen molar-refractivity contribution in [1.29, 1.82) is 0 Å². The molecule has 9 nitrogen and oxygen atoms in total. The first-order valence-electron chi connectivity index (χ1n) is 12.1. The molecule has 36 heavy (non-hydrogen) atoms. The molecule has 0 aliphatic carbocycles. The summed E-state index contributed by atoms with van der Waals surface area (Å²) in [5, 5.41) is 0. The Morgan fingerprint density at radius 2 is 1.50 bits per heavy atom. The Labute approximate surface area is 209 Å². The zero-order valence-corrected chi connectivity index (χ0v) is 20.5. The maximum absolute atomic E-state index is 13.1. The highest BCUT2D eigenvalue weighted by molar-refractivity contribution is 6.22. The minimum absolute atomic E-state index is 0.168. The van der Waals surface area contributed by atoms with Crippen molar-refractivity contribution in [2.75, 3.05) is 38.8 Å². The Bertz CT molecular complexity index is 1140. The lowest BCUT2D eigenvalue weighted by Crippen LogP contribution is -2.42. The number of ketones is 1. The van der Waals surface area contributed by atoms with Crippen LogP contribution >= 0.6 is 0 Å². The lowest BCUT2D eigenvalue weighted by molar-refractivity contribution is -0.122. The summed E-state index contributed by atoms with van der Waals surface area (Å²) in [5.74, 6) is -0.665. The molecule has 1 unspecified atom stereocenters. The fourth-order valence-electron chi connectivity index (χ4n) is 4.63. The van der Waals surface area contributed by atoms with E-state index >= 15 is 0 Å². The van der Waals surface area contributed by atoms with Crippen molar-refractivity contribution < 1.29 is 33.4 Å². The summed E-state index contributed by atoms with van der Waals surface area (Å²) in [4.78, 5) is 54.0. The van der Waals surface area contributed by atoms with Crippen molar-refractivity contribution in [1.82, 2.24) is 4.90 Å². The van der Waals surface area contributed by atoms with Crippen LogP contribution in [-0.4, -0.2) is 68.4 Å². The third kappa shape index (κ3) is 5.41. The number of hydrogen-bond acceptors (Lipinski definition) is 8. The van der Waals surface area contributed by atoms with Gasteiger partial charge in [0.25, 0.3) is 5.91 Å². The zero-order valence-electron chi connectivity index (χ0n) is 20.5. The highest BCUT2D eigenvalue weighted by Gasteiger charge is 2.42. The molecule has 2 heterocycles. The highest BCUT2D eigenvalue weighted by atomic mass is 16.5. The summed E-state index contributed by atoms with van der Waals surface area (Å²) in [6.45, 7) is 1.20. The van der Waals surface area contributed by atoms with Gasteiger partial charge in [0, 0.05) is 5.56 Å². The van der Waals surface area contributed by atoms with Gasteiger partial charge in [-0.25, -0.2) is 9.69 Å². The van der Waals surface area contributed by atoms with E-state index in [1.54, 1.807) is 24.3 Å². The van der Waals surface area contributed by atoms with Crippen molar-refractivity contribution in [2.24, 2.45) is 0 Å². The van der Waals surface area contributed by atoms with E-state index in [-0.39, 0.29) is 23.8 Å². The van der Waals surface area contributed by atoms with Crippen LogP contribution in [0, 0.1) is 0 Å². The second-order valence-corrected chi connectivity index (χ2v) is 8.85. The van der Waals surface area contributed by atoms with Crippen LogP contribution in [0.2, 0.25) is 0 Å². The summed E-state index contributed by atoms with van der Waals surface area (Å²) in [7, 11) is 2.96. The number of likely N-dealkylation sites (tertiary alicyclic amines) is 1. The summed E-state index contributed by atoms with van der Waals surface area (Å²) in [6.07, 6.45) is 4.52. The molecule has 2 saturated heterocycles. The predicted molar refractivity (Wildman–Crippen MR) is 132 cm³/mol. The number of Topliss-reactive ketones (excluding diaryl/α,β-unsaturated/α-hetero) is 1. The number of nitrogens with zero attached hydrogens (tertiary/aromatic N) is 2. The van der Waals surface area contributed by atoms with Crippen molar-refractivity contribution >= 4 is 29.3 Å². The molecule has 1 atom stereocenters. The third-order valence-electron chi connectivity index (χ3n) is 6.61. The maximum atomic E-state index is 13.1. The van der Waals surface area contributed by atoms with E-state index in [2.05, 4.69) is 4.90 Å². The topological polar surface area (TPSA) is 102 Å². The number of rotatable bonds is 8. The van der Waals surface area contributed by atoms with Crippen LogP contribution in [0.1, 0.15) is 52.8 Å². The second-order valence-electron chi connectivity index (χ2n) is 8.85. The molecule has 2 aromatic carbocycles. The number of anilines is 1. The van der Waals surface area contributed by atoms with E-state index in [0.29, 0.717) is 22.7 Å². The molecule has 0 aromatic heterocycles. The molecule has 0 radical (unpaired) electrons. The zero-order chi connectivity index (χ0) is 25.7. The number of esters is 1. The van der Waals surface area contributed by atoms with Crippen molar-refractivity contribution in [3.63, 3.8) is 0 Å². The number of hydrogen-bond donors (Lipinski definition) is 0. The monoisotopic (exact) mass is 494 g/mol. The quantitative estimate of drug-likeness (QED) is 0.313. The van der Waals surface area contributed by atoms with Crippen molar-refractivity contribution in [3.8, 4) is 11.5 Å². The first kappa shape index (κ1) is 25.4. The lowest BCUT2D eigenvalue weighted by atomic mass is 10.1. The Morgan fingerprint density at radius 3 is 2.14 bits per heavy atom. The minimum atomic E-state index is -0.683. The van der Waals surface area contributed by atoms with Crippen LogP contribution in [0.5, 0.6) is 11.5 Å². The Balaban J connectivity index is 1.37. The molecule has 0 saturated carbocycles. The largest absolute Gasteiger partial charge is 0.493 e. The van der Waals surface area contributed by atoms with Crippen LogP contribution < -0.4 is 14.4 Å². The molecule has 2 aromatic rings. The number of benzene rings is 2. The van der Waals surface area contributed by atoms with Crippen LogP contribution in [0.4, 0.5) is 5.69 Å². The van der Waals surface area contributed by atoms with E-state index in [4.69, 9.17) is 14.2 Å². The van der Waals surface area contributed by atoms with E-state index in [9.17, 15) is 19.2 Å². The van der Waals surface area contributed by atoms with E-state index in [1.165, 1.54) is 37.3 Å². The molecule has 2 aliphatic heterocycles. The summed E-state index contributed by atoms with van der Waals surface area (Å²) >= 11 is 0. The van der Waals surface area contributed by atoms with Gasteiger partial charge in [-0.3, -0.25) is 19.3 Å². The molecule has 2 aliphatic rings. The van der Waals surface area contributed by atoms with Gasteiger partial charge in [-0.05, 0) is 68.4 Å². The maximum Gasteiger partial charge on any atom is 0.338 e. The van der Waals surface area contributed by atoms with Gasteiger partial charge in [0.05, 0.1) is 37.9 Å². The van der Waals surface area contributed by atoms with Gasteiger partial charge in [0.1, 0.15) is 0 Å². The van der Waals surface area contributed by atoms with E-state index in [0.717, 1.165) is 38.8 Å². The molecule has 0 N–H and O–H groups in total. The Morgan fingerprint density at radius 1 is 0.861 bits per heavy atom. The molecule has 0 spiro atoms. The molecule has 4 rings (SSSR count). The average molecular weight is 495 g/mol. The van der Waals surface area contributed by atoms with Gasteiger partial charge in [-0.1, -0.05) is 12.8 Å². The summed E-state index contributed by atoms with van der Waals surface area (Å²) in [5.41, 5.74) is 0.947. The number of carbonyl (C=O) groups is 4. The molecule has 2 fully saturated rings. The normalized spacial score (nSPS) is 18.6. The predicted octanol–water partition coefficient (Wildman–Crippen LogP) is 3.25. The standard InChI is InChI=1S/C27H30N2O7/c1-34-23-12-9-19(15-24(23)35-2)22(30)17-36-27(33)18-7-10-20(11-8-18)29-25(31)16-21(26(29)32)28-13-5-3-4-6-14-28/h7-12,15,21H,3-6,13-14,16-17H2,1-2H3. The van der Waals surface area contributed by atoms with Crippen LogP contribution in [0.25, 0.3) is 0 Å². The molecule has 2 amide bonds. The number of ether oxygens (including phenoxy) is 3. The highest BCUT2D eigenvalue weighted by Crippen LogP contribution is 2.29. The SMILES string of the molecule is COc1ccc(C(=O)COC(=O)c2ccc(N3C(=O)CC(N4CCCCCC4)C3=O)cc2)cc1OC. The summed E-state index contributed by atoms with van der Waals surface area (Å²) < 4.78 is 15.5. The number of carbonyl (C=O) groups excluding carboxylic acids is 4.